The van der Waals surface area contributed by atoms with Crippen LogP contribution in [0.3, 0.4) is 0 Å². The third-order valence-electron chi connectivity index (χ3n) is 5.30. The minimum absolute atomic E-state index is 0.0899. The van der Waals surface area contributed by atoms with E-state index in [-0.39, 0.29) is 6.04 Å². The summed E-state index contributed by atoms with van der Waals surface area (Å²) >= 11 is 3.50. The molecule has 3 heterocycles. The predicted octanol–water partition coefficient (Wildman–Crippen LogP) is 4.49. The van der Waals surface area contributed by atoms with Gasteiger partial charge in [0, 0.05) is 35.2 Å². The molecule has 0 saturated carbocycles. The lowest BCUT2D eigenvalue weighted by molar-refractivity contribution is 0.186. The van der Waals surface area contributed by atoms with Crippen LogP contribution in [0.2, 0.25) is 0 Å². The van der Waals surface area contributed by atoms with Gasteiger partial charge in [0.25, 0.3) is 0 Å². The van der Waals surface area contributed by atoms with Gasteiger partial charge in [0.05, 0.1) is 35.3 Å². The van der Waals surface area contributed by atoms with Gasteiger partial charge in [-0.15, -0.1) is 0 Å². The zero-order chi connectivity index (χ0) is 21.1. The normalized spacial score (nSPS) is 18.9. The fourth-order valence-electron chi connectivity index (χ4n) is 4.04. The fourth-order valence-corrected chi connectivity index (χ4v) is 4.39. The van der Waals surface area contributed by atoms with Crippen LogP contribution in [-0.2, 0) is 6.54 Å². The first kappa shape index (κ1) is 20.4. The molecule has 0 aliphatic carbocycles. The smallest absolute Gasteiger partial charge is 0.404 e. The molecule has 1 saturated heterocycles. The van der Waals surface area contributed by atoms with Crippen molar-refractivity contribution in [3.05, 3.63) is 59.0 Å². The average Bonchev–Trinajstić information content (AvgIpc) is 2.71. The highest BCUT2D eigenvalue weighted by molar-refractivity contribution is 9.10. The molecule has 1 aliphatic heterocycles. The van der Waals surface area contributed by atoms with E-state index in [4.69, 9.17) is 10.1 Å². The van der Waals surface area contributed by atoms with E-state index in [9.17, 15) is 4.79 Å². The average molecular weight is 470 g/mol. The van der Waals surface area contributed by atoms with Crippen LogP contribution in [0.1, 0.15) is 19.0 Å². The molecular weight excluding hydrogens is 446 g/mol. The molecule has 4 rings (SSSR count). The number of benzene rings is 1. The van der Waals surface area contributed by atoms with Crippen molar-refractivity contribution in [3.8, 4) is 0 Å². The van der Waals surface area contributed by atoms with E-state index in [2.05, 4.69) is 49.4 Å². The molecule has 2 unspecified atom stereocenters. The SMILES string of the molecule is CC1CC(NC(=O)O)CN(c2ccncc2NCc2ccc3ccc(Br)cc3n2)C1. The van der Waals surface area contributed by atoms with Crippen molar-refractivity contribution < 1.29 is 9.90 Å². The number of nitrogens with zero attached hydrogens (tertiary/aromatic N) is 3. The molecular formula is C22H24BrN5O2. The molecule has 1 aromatic carbocycles. The van der Waals surface area contributed by atoms with Gasteiger partial charge in [-0.25, -0.2) is 4.79 Å². The van der Waals surface area contributed by atoms with Crippen molar-refractivity contribution in [2.75, 3.05) is 23.3 Å². The van der Waals surface area contributed by atoms with Gasteiger partial charge in [-0.3, -0.25) is 9.97 Å². The first-order valence-electron chi connectivity index (χ1n) is 9.95. The first-order chi connectivity index (χ1) is 14.5. The van der Waals surface area contributed by atoms with Crippen molar-refractivity contribution in [2.45, 2.75) is 25.9 Å². The number of pyridine rings is 2. The zero-order valence-corrected chi connectivity index (χ0v) is 18.3. The highest BCUT2D eigenvalue weighted by Crippen LogP contribution is 2.29. The number of carboxylic acid groups (broad SMARTS) is 1. The molecule has 2 aromatic heterocycles. The summed E-state index contributed by atoms with van der Waals surface area (Å²) in [6.45, 7) is 4.23. The van der Waals surface area contributed by atoms with Crippen molar-refractivity contribution >= 4 is 44.3 Å². The maximum Gasteiger partial charge on any atom is 0.404 e. The lowest BCUT2D eigenvalue weighted by Gasteiger charge is -2.38. The monoisotopic (exact) mass is 469 g/mol. The summed E-state index contributed by atoms with van der Waals surface area (Å²) in [5.41, 5.74) is 3.82. The van der Waals surface area contributed by atoms with E-state index in [1.54, 1.807) is 6.20 Å². The van der Waals surface area contributed by atoms with Gasteiger partial charge < -0.3 is 20.6 Å². The Morgan fingerprint density at radius 2 is 2.10 bits per heavy atom. The van der Waals surface area contributed by atoms with Crippen LogP contribution >= 0.6 is 15.9 Å². The Morgan fingerprint density at radius 1 is 1.27 bits per heavy atom. The predicted molar refractivity (Wildman–Crippen MR) is 122 cm³/mol. The molecule has 7 nitrogen and oxygen atoms in total. The minimum Gasteiger partial charge on any atom is -0.465 e. The van der Waals surface area contributed by atoms with E-state index in [0.29, 0.717) is 19.0 Å². The molecule has 1 fully saturated rings. The van der Waals surface area contributed by atoms with Crippen molar-refractivity contribution in [2.24, 2.45) is 5.92 Å². The second-order valence-electron chi connectivity index (χ2n) is 7.78. The summed E-state index contributed by atoms with van der Waals surface area (Å²) in [4.78, 5) is 22.3. The first-order valence-corrected chi connectivity index (χ1v) is 10.7. The molecule has 8 heteroatoms. The van der Waals surface area contributed by atoms with Crippen LogP contribution < -0.4 is 15.5 Å². The quantitative estimate of drug-likeness (QED) is 0.509. The number of aromatic nitrogens is 2. The van der Waals surface area contributed by atoms with Crippen LogP contribution in [0.4, 0.5) is 16.2 Å². The topological polar surface area (TPSA) is 90.4 Å². The second kappa shape index (κ2) is 8.87. The van der Waals surface area contributed by atoms with Gasteiger partial charge in [0.1, 0.15) is 0 Å². The van der Waals surface area contributed by atoms with Crippen LogP contribution in [0.15, 0.2) is 53.3 Å². The van der Waals surface area contributed by atoms with Crippen LogP contribution in [0.5, 0.6) is 0 Å². The molecule has 2 atom stereocenters. The number of rotatable bonds is 5. The van der Waals surface area contributed by atoms with Crippen LogP contribution in [-0.4, -0.2) is 40.3 Å². The number of nitrogens with one attached hydrogen (secondary N) is 2. The number of piperidine rings is 1. The molecule has 3 aromatic rings. The molecule has 0 bridgehead atoms. The Morgan fingerprint density at radius 3 is 2.93 bits per heavy atom. The Kier molecular flexibility index (Phi) is 6.03. The molecule has 156 valence electrons. The second-order valence-corrected chi connectivity index (χ2v) is 8.69. The van der Waals surface area contributed by atoms with Crippen LogP contribution in [0, 0.1) is 5.92 Å². The summed E-state index contributed by atoms with van der Waals surface area (Å²) in [6, 6.07) is 12.0. The maximum atomic E-state index is 11.1. The van der Waals surface area contributed by atoms with Gasteiger partial charge in [0.2, 0.25) is 0 Å². The van der Waals surface area contributed by atoms with Gasteiger partial charge in [-0.1, -0.05) is 35.0 Å². The summed E-state index contributed by atoms with van der Waals surface area (Å²) in [5.74, 6) is 0.386. The summed E-state index contributed by atoms with van der Waals surface area (Å²) in [6.07, 6.45) is 3.45. The number of hydrogen-bond acceptors (Lipinski definition) is 5. The Balaban J connectivity index is 1.51. The van der Waals surface area contributed by atoms with E-state index < -0.39 is 6.09 Å². The Hall–Kier alpha value is -2.87. The lowest BCUT2D eigenvalue weighted by Crippen LogP contribution is -2.50. The van der Waals surface area contributed by atoms with E-state index >= 15 is 0 Å². The largest absolute Gasteiger partial charge is 0.465 e. The highest BCUT2D eigenvalue weighted by atomic mass is 79.9. The number of anilines is 2. The number of halogens is 1. The van der Waals surface area contributed by atoms with Gasteiger partial charge in [-0.2, -0.15) is 0 Å². The van der Waals surface area contributed by atoms with Crippen molar-refractivity contribution in [3.63, 3.8) is 0 Å². The number of hydrogen-bond donors (Lipinski definition) is 3. The third-order valence-corrected chi connectivity index (χ3v) is 5.79. The van der Waals surface area contributed by atoms with Crippen molar-refractivity contribution in [1.29, 1.82) is 0 Å². The van der Waals surface area contributed by atoms with Crippen LogP contribution in [0.25, 0.3) is 10.9 Å². The standard InChI is InChI=1S/C22H24BrN5O2/c1-14-8-18(27-22(29)30)13-28(12-14)21-6-7-24-11-20(21)25-10-17-5-3-15-2-4-16(23)9-19(15)26-17/h2-7,9,11,14,18,25,27H,8,10,12-13H2,1H3,(H,29,30). The lowest BCUT2D eigenvalue weighted by atomic mass is 9.95. The Bertz CT molecular complexity index is 1060. The van der Waals surface area contributed by atoms with Crippen molar-refractivity contribution in [1.82, 2.24) is 15.3 Å². The fraction of sp³-hybridized carbons (Fsp3) is 0.318. The molecule has 3 N–H and O–H groups in total. The molecule has 0 spiro atoms. The molecule has 0 radical (unpaired) electrons. The van der Waals surface area contributed by atoms with E-state index in [1.165, 1.54) is 0 Å². The minimum atomic E-state index is -0.976. The summed E-state index contributed by atoms with van der Waals surface area (Å²) in [5, 5.41) is 16.3. The van der Waals surface area contributed by atoms with E-state index in [0.717, 1.165) is 45.4 Å². The van der Waals surface area contributed by atoms with E-state index in [1.807, 2.05) is 36.5 Å². The molecule has 1 aliphatic rings. The van der Waals surface area contributed by atoms with Gasteiger partial charge >= 0.3 is 6.09 Å². The highest BCUT2D eigenvalue weighted by Gasteiger charge is 2.27. The maximum absolute atomic E-state index is 11.1. The van der Waals surface area contributed by atoms with Gasteiger partial charge in [-0.05, 0) is 36.6 Å². The molecule has 1 amide bonds. The van der Waals surface area contributed by atoms with Gasteiger partial charge in [0.15, 0.2) is 0 Å². The number of fused-ring (bicyclic) bond motifs is 1. The molecule has 30 heavy (non-hydrogen) atoms. The summed E-state index contributed by atoms with van der Waals surface area (Å²) in [7, 11) is 0. The third kappa shape index (κ3) is 4.81. The number of amides is 1. The number of carbonyl (C=O) groups is 1. The summed E-state index contributed by atoms with van der Waals surface area (Å²) < 4.78 is 1.01. The Labute approximate surface area is 183 Å². The zero-order valence-electron chi connectivity index (χ0n) is 16.7.